The number of nitrogens with one attached hydrogen (secondary N) is 1. The smallest absolute Gasteiger partial charge is 0.327 e. The zero-order valence-corrected chi connectivity index (χ0v) is 19.0. The normalized spacial score (nSPS) is 31.0. The Bertz CT molecular complexity index is 857. The van der Waals surface area contributed by atoms with E-state index in [1.165, 1.54) is 40.0 Å². The molecule has 30 heavy (non-hydrogen) atoms. The fourth-order valence-electron chi connectivity index (χ4n) is 4.24. The molecule has 0 bridgehead atoms. The van der Waals surface area contributed by atoms with Crippen molar-refractivity contribution in [1.29, 1.82) is 0 Å². The van der Waals surface area contributed by atoms with E-state index in [2.05, 4.69) is 10.3 Å². The Hall–Kier alpha value is -1.50. The first-order valence-corrected chi connectivity index (χ1v) is 12.3. The van der Waals surface area contributed by atoms with Crippen LogP contribution in [0.5, 0.6) is 0 Å². The molecule has 4 N–H and O–H groups in total. The number of carboxylic acids is 1. The van der Waals surface area contributed by atoms with Crippen LogP contribution >= 0.6 is 35.1 Å². The molecule has 0 spiro atoms. The van der Waals surface area contributed by atoms with Gasteiger partial charge in [-0.05, 0) is 44.6 Å². The molecule has 2 amide bonds. The lowest BCUT2D eigenvalue weighted by Crippen LogP contribution is -2.70. The molecule has 0 aromatic carbocycles. The number of fused-ring (bicyclic) bond motifs is 1. The average molecular weight is 473 g/mol. The van der Waals surface area contributed by atoms with E-state index < -0.39 is 28.7 Å². The highest BCUT2D eigenvalue weighted by Crippen LogP contribution is 2.51. The molecule has 0 saturated carbocycles. The third-order valence-corrected chi connectivity index (χ3v) is 8.96. The van der Waals surface area contributed by atoms with E-state index in [0.717, 1.165) is 12.2 Å². The summed E-state index contributed by atoms with van der Waals surface area (Å²) in [5.41, 5.74) is 6.39. The Morgan fingerprint density at radius 2 is 2.27 bits per heavy atom. The van der Waals surface area contributed by atoms with E-state index in [1.54, 1.807) is 5.38 Å². The number of carbonyl (C=O) groups is 3. The van der Waals surface area contributed by atoms with Gasteiger partial charge in [-0.2, -0.15) is 0 Å². The van der Waals surface area contributed by atoms with E-state index in [4.69, 9.17) is 9.92 Å². The zero-order valence-electron chi connectivity index (χ0n) is 16.6. The molecule has 3 aliphatic rings. The Morgan fingerprint density at radius 1 is 1.50 bits per heavy atom. The predicted octanol–water partition coefficient (Wildman–Crippen LogP) is 1.52. The van der Waals surface area contributed by atoms with Gasteiger partial charge in [-0.3, -0.25) is 9.59 Å². The molecule has 4 rings (SSSR count). The molecule has 3 saturated heterocycles. The number of carboxylic acid groups (broad SMARTS) is 1. The maximum absolute atomic E-state index is 13.2. The molecule has 4 heterocycles. The van der Waals surface area contributed by atoms with Crippen LogP contribution in [0, 0.1) is 5.92 Å². The first kappa shape index (κ1) is 21.7. The minimum atomic E-state index is -1.03. The Labute approximate surface area is 186 Å². The van der Waals surface area contributed by atoms with Crippen LogP contribution in [0.3, 0.4) is 0 Å². The van der Waals surface area contributed by atoms with Gasteiger partial charge in [0.1, 0.15) is 17.5 Å². The van der Waals surface area contributed by atoms with Crippen LogP contribution in [0.15, 0.2) is 5.38 Å². The number of aliphatic carboxylic acids is 1. The molecule has 2 unspecified atom stereocenters. The van der Waals surface area contributed by atoms with Crippen molar-refractivity contribution in [1.82, 2.24) is 15.2 Å². The van der Waals surface area contributed by atoms with Crippen LogP contribution in [0.4, 0.5) is 5.13 Å². The highest BCUT2D eigenvalue weighted by Gasteiger charge is 2.64. The van der Waals surface area contributed by atoms with Gasteiger partial charge < -0.3 is 25.2 Å². The lowest BCUT2D eigenvalue weighted by Gasteiger charge is -2.44. The van der Waals surface area contributed by atoms with Crippen molar-refractivity contribution in [3.8, 4) is 0 Å². The van der Waals surface area contributed by atoms with Crippen molar-refractivity contribution in [2.24, 2.45) is 5.92 Å². The number of thioether (sulfide) groups is 1. The van der Waals surface area contributed by atoms with Crippen LogP contribution < -0.4 is 11.1 Å². The number of hydrogen-bond acceptors (Lipinski definition) is 9. The molecule has 1 aromatic rings. The quantitative estimate of drug-likeness (QED) is 0.416. The first-order valence-electron chi connectivity index (χ1n) is 9.67. The molecular weight excluding hydrogens is 448 g/mol. The molecule has 164 valence electrons. The van der Waals surface area contributed by atoms with E-state index in [9.17, 15) is 19.5 Å². The standard InChI is InChI=1S/C18H24N4O5S3/c1-18(2)12(16(25)26)22-14(24)11(15(22)30-18)21-13(23)9(10-7-28-17(19)20-10)5-8-3-4-27-29-6-8/h7-9,11-12,15H,3-6H2,1-2H3,(H2,19,20)(H,21,23)(H,25,26)/t8?,9?,11-,12+,15-/m1/s1. The van der Waals surface area contributed by atoms with Crippen molar-refractivity contribution < 1.29 is 23.7 Å². The van der Waals surface area contributed by atoms with Crippen molar-refractivity contribution in [3.05, 3.63) is 11.1 Å². The summed E-state index contributed by atoms with van der Waals surface area (Å²) in [6.45, 7) is 4.26. The van der Waals surface area contributed by atoms with Crippen molar-refractivity contribution in [3.63, 3.8) is 0 Å². The third kappa shape index (κ3) is 3.90. The second-order valence-electron chi connectivity index (χ2n) is 8.24. The summed E-state index contributed by atoms with van der Waals surface area (Å²) in [7, 11) is 0. The number of amides is 2. The maximum atomic E-state index is 13.2. The number of nitrogen functional groups attached to an aromatic ring is 1. The molecule has 5 atom stereocenters. The molecule has 9 nitrogen and oxygen atoms in total. The fraction of sp³-hybridized carbons (Fsp3) is 0.667. The Balaban J connectivity index is 1.49. The number of anilines is 1. The second kappa shape index (κ2) is 8.21. The number of thiazole rings is 1. The van der Waals surface area contributed by atoms with Crippen molar-refractivity contribution >= 4 is 58.1 Å². The Morgan fingerprint density at radius 3 is 2.87 bits per heavy atom. The molecule has 3 aliphatic heterocycles. The van der Waals surface area contributed by atoms with Crippen LogP contribution in [-0.4, -0.2) is 67.3 Å². The molecular formula is C18H24N4O5S3. The highest BCUT2D eigenvalue weighted by atomic mass is 32.2. The number of aromatic nitrogens is 1. The van der Waals surface area contributed by atoms with Crippen molar-refractivity contribution in [2.75, 3.05) is 18.1 Å². The summed E-state index contributed by atoms with van der Waals surface area (Å²) in [5.74, 6) is -1.07. The van der Waals surface area contributed by atoms with Crippen LogP contribution in [-0.2, 0) is 18.6 Å². The van der Waals surface area contributed by atoms with Gasteiger partial charge in [0.25, 0.3) is 0 Å². The minimum Gasteiger partial charge on any atom is -0.480 e. The summed E-state index contributed by atoms with van der Waals surface area (Å²) in [5, 5.41) is 14.2. The minimum absolute atomic E-state index is 0.271. The van der Waals surface area contributed by atoms with Crippen molar-refractivity contribution in [2.45, 2.75) is 54.8 Å². The fourth-order valence-corrected chi connectivity index (χ4v) is 7.29. The summed E-state index contributed by atoms with van der Waals surface area (Å²) in [4.78, 5) is 43.3. The third-order valence-electron chi connectivity index (χ3n) is 5.75. The molecule has 0 aliphatic carbocycles. The lowest BCUT2D eigenvalue weighted by molar-refractivity contribution is -0.161. The molecule has 1 aromatic heterocycles. The zero-order chi connectivity index (χ0) is 21.6. The largest absolute Gasteiger partial charge is 0.480 e. The van der Waals surface area contributed by atoms with Gasteiger partial charge in [0.05, 0.1) is 18.2 Å². The number of nitrogens with zero attached hydrogens (tertiary/aromatic N) is 2. The van der Waals surface area contributed by atoms with Gasteiger partial charge in [-0.15, -0.1) is 23.1 Å². The second-order valence-corrected chi connectivity index (χ2v) is 11.7. The maximum Gasteiger partial charge on any atom is 0.327 e. The van der Waals surface area contributed by atoms with E-state index in [-0.39, 0.29) is 17.2 Å². The summed E-state index contributed by atoms with van der Waals surface area (Å²) in [6.07, 6.45) is 1.45. The number of β-lactam (4-membered cyclic amide) rings is 1. The van der Waals surface area contributed by atoms with E-state index >= 15 is 0 Å². The highest BCUT2D eigenvalue weighted by molar-refractivity contribution is 8.01. The summed E-state index contributed by atoms with van der Waals surface area (Å²) in [6, 6.07) is -1.63. The van der Waals surface area contributed by atoms with E-state index in [0.29, 0.717) is 29.8 Å². The summed E-state index contributed by atoms with van der Waals surface area (Å²) >= 11 is 4.10. The summed E-state index contributed by atoms with van der Waals surface area (Å²) < 4.78 is 4.70. The number of hydrogen-bond donors (Lipinski definition) is 3. The molecule has 12 heteroatoms. The van der Waals surface area contributed by atoms with Gasteiger partial charge in [-0.1, -0.05) is 0 Å². The van der Waals surface area contributed by atoms with Gasteiger partial charge in [0.15, 0.2) is 5.13 Å². The first-order chi connectivity index (χ1) is 14.2. The van der Waals surface area contributed by atoms with E-state index in [1.807, 2.05) is 13.8 Å². The van der Waals surface area contributed by atoms with Gasteiger partial charge in [-0.25, -0.2) is 9.78 Å². The van der Waals surface area contributed by atoms with Gasteiger partial charge >= 0.3 is 5.97 Å². The van der Waals surface area contributed by atoms with Crippen LogP contribution in [0.1, 0.15) is 38.3 Å². The lowest BCUT2D eigenvalue weighted by atomic mass is 9.90. The van der Waals surface area contributed by atoms with Gasteiger partial charge in [0, 0.05) is 15.9 Å². The molecule has 3 fully saturated rings. The monoisotopic (exact) mass is 472 g/mol. The number of carbonyl (C=O) groups excluding carboxylic acids is 2. The topological polar surface area (TPSA) is 135 Å². The Kier molecular flexibility index (Phi) is 5.94. The number of rotatable bonds is 6. The average Bonchev–Trinajstić information content (AvgIpc) is 3.23. The number of nitrogens with two attached hydrogens (primary N) is 1. The predicted molar refractivity (Wildman–Crippen MR) is 116 cm³/mol. The van der Waals surface area contributed by atoms with Gasteiger partial charge in [0.2, 0.25) is 11.8 Å². The van der Waals surface area contributed by atoms with Crippen LogP contribution in [0.2, 0.25) is 0 Å². The SMILES string of the molecule is CC1(C)S[C@@H]2[C@H](NC(=O)C(CC3CCOSC3)c3csc(N)n3)C(=O)N2[C@H]1C(=O)O. The van der Waals surface area contributed by atoms with Crippen LogP contribution in [0.25, 0.3) is 0 Å². The molecule has 0 radical (unpaired) electrons.